The summed E-state index contributed by atoms with van der Waals surface area (Å²) in [4.78, 5) is 11.6. The predicted octanol–water partition coefficient (Wildman–Crippen LogP) is 2.14. The lowest BCUT2D eigenvalue weighted by Gasteiger charge is -2.17. The Morgan fingerprint density at radius 3 is 2.71 bits per heavy atom. The molecule has 0 spiro atoms. The summed E-state index contributed by atoms with van der Waals surface area (Å²) in [7, 11) is 0. The number of hydrogen-bond acceptors (Lipinski definition) is 3. The Labute approximate surface area is 95.9 Å². The van der Waals surface area contributed by atoms with Crippen LogP contribution in [0.1, 0.15) is 13.8 Å². The second-order valence-corrected chi connectivity index (χ2v) is 3.89. The molecule has 0 N–H and O–H groups in total. The maximum Gasteiger partial charge on any atom is 0.416 e. The van der Waals surface area contributed by atoms with Crippen LogP contribution in [0.2, 0.25) is 0 Å². The zero-order valence-electron chi connectivity index (χ0n) is 9.30. The number of carbonyl (C=O) groups is 1. The van der Waals surface area contributed by atoms with E-state index in [-0.39, 0.29) is 6.61 Å². The number of alkyl halides is 3. The standard InChI is InChI=1S/C11H11F3O3/c1-3-16-10(15)7-8(11(12,13)14)6-4-5(2)9(7)17-6/h4,6,9H,3H2,1-2H3. The van der Waals surface area contributed by atoms with Gasteiger partial charge in [-0.15, -0.1) is 0 Å². The summed E-state index contributed by atoms with van der Waals surface area (Å²) < 4.78 is 48.2. The molecule has 0 aromatic carbocycles. The number of esters is 1. The zero-order chi connectivity index (χ0) is 12.8. The first-order valence-corrected chi connectivity index (χ1v) is 5.18. The number of fused-ring (bicyclic) bond motifs is 2. The largest absolute Gasteiger partial charge is 0.463 e. The highest BCUT2D eigenvalue weighted by atomic mass is 19.4. The Balaban J connectivity index is 2.42. The fraction of sp³-hybridized carbons (Fsp3) is 0.545. The minimum Gasteiger partial charge on any atom is -0.463 e. The van der Waals surface area contributed by atoms with Crippen LogP contribution in [0.4, 0.5) is 13.2 Å². The molecule has 0 aromatic rings. The van der Waals surface area contributed by atoms with Crippen LogP contribution in [0, 0.1) is 0 Å². The van der Waals surface area contributed by atoms with E-state index >= 15 is 0 Å². The first-order valence-electron chi connectivity index (χ1n) is 5.18. The van der Waals surface area contributed by atoms with E-state index in [1.807, 2.05) is 0 Å². The highest BCUT2D eigenvalue weighted by Crippen LogP contribution is 2.46. The van der Waals surface area contributed by atoms with E-state index in [4.69, 9.17) is 4.74 Å². The van der Waals surface area contributed by atoms with Crippen molar-refractivity contribution in [2.45, 2.75) is 32.2 Å². The van der Waals surface area contributed by atoms with Gasteiger partial charge in [-0.3, -0.25) is 0 Å². The lowest BCUT2D eigenvalue weighted by Crippen LogP contribution is -2.26. The van der Waals surface area contributed by atoms with Crippen molar-refractivity contribution in [1.29, 1.82) is 0 Å². The number of halogens is 3. The molecule has 17 heavy (non-hydrogen) atoms. The van der Waals surface area contributed by atoms with Gasteiger partial charge in [0, 0.05) is 0 Å². The number of ether oxygens (including phenoxy) is 2. The summed E-state index contributed by atoms with van der Waals surface area (Å²) in [5, 5.41) is 0. The lowest BCUT2D eigenvalue weighted by atomic mass is 9.92. The van der Waals surface area contributed by atoms with Crippen molar-refractivity contribution in [3.63, 3.8) is 0 Å². The third-order valence-electron chi connectivity index (χ3n) is 2.75. The molecule has 2 rings (SSSR count). The number of rotatable bonds is 2. The Bertz CT molecular complexity index is 420. The molecule has 0 saturated carbocycles. The molecule has 0 radical (unpaired) electrons. The minimum absolute atomic E-state index is 0.0353. The van der Waals surface area contributed by atoms with E-state index in [0.29, 0.717) is 5.57 Å². The van der Waals surface area contributed by atoms with Crippen LogP contribution in [-0.2, 0) is 14.3 Å². The molecule has 0 fully saturated rings. The number of hydrogen-bond donors (Lipinski definition) is 0. The first kappa shape index (κ1) is 12.2. The average molecular weight is 248 g/mol. The van der Waals surface area contributed by atoms with Crippen molar-refractivity contribution in [3.8, 4) is 0 Å². The molecular formula is C11H11F3O3. The van der Waals surface area contributed by atoms with Gasteiger partial charge >= 0.3 is 12.1 Å². The fourth-order valence-corrected chi connectivity index (χ4v) is 2.10. The summed E-state index contributed by atoms with van der Waals surface area (Å²) in [5.74, 6) is -0.945. The van der Waals surface area contributed by atoms with Gasteiger partial charge in [0.2, 0.25) is 0 Å². The van der Waals surface area contributed by atoms with Crippen LogP contribution >= 0.6 is 0 Å². The van der Waals surface area contributed by atoms with Gasteiger partial charge in [-0.25, -0.2) is 4.79 Å². The molecule has 0 amide bonds. The van der Waals surface area contributed by atoms with Crippen LogP contribution in [0.15, 0.2) is 22.8 Å². The van der Waals surface area contributed by atoms with Gasteiger partial charge < -0.3 is 9.47 Å². The molecule has 2 unspecified atom stereocenters. The molecule has 0 aromatic heterocycles. The van der Waals surface area contributed by atoms with Crippen molar-refractivity contribution in [1.82, 2.24) is 0 Å². The normalized spacial score (nSPS) is 27.5. The molecule has 94 valence electrons. The van der Waals surface area contributed by atoms with Crippen LogP contribution in [0.3, 0.4) is 0 Å². The summed E-state index contributed by atoms with van der Waals surface area (Å²) >= 11 is 0. The minimum atomic E-state index is -4.57. The summed E-state index contributed by atoms with van der Waals surface area (Å²) in [6.07, 6.45) is -5.26. The Morgan fingerprint density at radius 2 is 2.18 bits per heavy atom. The van der Waals surface area contributed by atoms with Gasteiger partial charge in [0.1, 0.15) is 12.2 Å². The van der Waals surface area contributed by atoms with Gasteiger partial charge in [-0.05, 0) is 25.5 Å². The van der Waals surface area contributed by atoms with Gasteiger partial charge in [0.05, 0.1) is 17.8 Å². The topological polar surface area (TPSA) is 35.5 Å². The van der Waals surface area contributed by atoms with E-state index in [2.05, 4.69) is 4.74 Å². The second kappa shape index (κ2) is 3.87. The van der Waals surface area contributed by atoms with E-state index in [9.17, 15) is 18.0 Å². The van der Waals surface area contributed by atoms with Crippen molar-refractivity contribution in [3.05, 3.63) is 22.8 Å². The van der Waals surface area contributed by atoms with Crippen molar-refractivity contribution in [2.24, 2.45) is 0 Å². The molecule has 2 bridgehead atoms. The smallest absolute Gasteiger partial charge is 0.416 e. The molecular weight excluding hydrogens is 237 g/mol. The molecule has 0 aliphatic carbocycles. The van der Waals surface area contributed by atoms with Crippen molar-refractivity contribution < 1.29 is 27.4 Å². The summed E-state index contributed by atoms with van der Waals surface area (Å²) in [6.45, 7) is 3.22. The molecule has 2 aliphatic rings. The van der Waals surface area contributed by atoms with Gasteiger partial charge in [-0.2, -0.15) is 13.2 Å². The van der Waals surface area contributed by atoms with Crippen LogP contribution < -0.4 is 0 Å². The van der Waals surface area contributed by atoms with Crippen LogP contribution in [0.5, 0.6) is 0 Å². The van der Waals surface area contributed by atoms with Gasteiger partial charge in [0.25, 0.3) is 0 Å². The predicted molar refractivity (Wildman–Crippen MR) is 52.1 cm³/mol. The van der Waals surface area contributed by atoms with E-state index < -0.39 is 35.5 Å². The van der Waals surface area contributed by atoms with Gasteiger partial charge in [-0.1, -0.05) is 0 Å². The third-order valence-corrected chi connectivity index (χ3v) is 2.75. The molecule has 3 nitrogen and oxygen atoms in total. The van der Waals surface area contributed by atoms with Crippen LogP contribution in [-0.4, -0.2) is 31.0 Å². The SMILES string of the molecule is CCOC(=O)C1=C(C(F)(F)F)C2C=C(C)C1O2. The third kappa shape index (κ3) is 1.86. The quantitative estimate of drug-likeness (QED) is 0.554. The van der Waals surface area contributed by atoms with Gasteiger partial charge in [0.15, 0.2) is 0 Å². The maximum atomic E-state index is 12.8. The van der Waals surface area contributed by atoms with E-state index in [1.54, 1.807) is 13.8 Å². The monoisotopic (exact) mass is 248 g/mol. The summed E-state index contributed by atoms with van der Waals surface area (Å²) in [6, 6.07) is 0. The van der Waals surface area contributed by atoms with E-state index in [1.165, 1.54) is 6.08 Å². The Kier molecular flexibility index (Phi) is 2.77. The first-order chi connectivity index (χ1) is 7.86. The summed E-state index contributed by atoms with van der Waals surface area (Å²) in [5.41, 5.74) is -0.707. The molecule has 2 atom stereocenters. The highest BCUT2D eigenvalue weighted by molar-refractivity contribution is 5.93. The second-order valence-electron chi connectivity index (χ2n) is 3.89. The fourth-order valence-electron chi connectivity index (χ4n) is 2.10. The van der Waals surface area contributed by atoms with Crippen molar-refractivity contribution >= 4 is 5.97 Å². The highest BCUT2D eigenvalue weighted by Gasteiger charge is 2.53. The average Bonchev–Trinajstić information content (AvgIpc) is 2.72. The van der Waals surface area contributed by atoms with Crippen LogP contribution in [0.25, 0.3) is 0 Å². The molecule has 2 heterocycles. The molecule has 2 aliphatic heterocycles. The molecule has 0 saturated heterocycles. The number of carbonyl (C=O) groups excluding carboxylic acids is 1. The molecule has 6 heteroatoms. The zero-order valence-corrected chi connectivity index (χ0v) is 9.30. The maximum absolute atomic E-state index is 12.8. The van der Waals surface area contributed by atoms with Crippen molar-refractivity contribution in [2.75, 3.05) is 6.61 Å². The van der Waals surface area contributed by atoms with E-state index in [0.717, 1.165) is 0 Å². The Hall–Kier alpha value is -1.30. The lowest BCUT2D eigenvalue weighted by molar-refractivity contribution is -0.140. The Morgan fingerprint density at radius 1 is 1.53 bits per heavy atom.